The van der Waals surface area contributed by atoms with Gasteiger partial charge in [-0.25, -0.2) is 0 Å². The van der Waals surface area contributed by atoms with Crippen molar-refractivity contribution >= 4 is 23.2 Å². The van der Waals surface area contributed by atoms with Crippen LogP contribution in [0.1, 0.15) is 32.6 Å². The molecular weight excluding hydrogens is 366 g/mol. The number of nitrogens with one attached hydrogen (secondary N) is 2. The van der Waals surface area contributed by atoms with E-state index in [9.17, 15) is 9.59 Å². The Morgan fingerprint density at radius 2 is 1.66 bits per heavy atom. The van der Waals surface area contributed by atoms with E-state index in [1.165, 1.54) is 18.5 Å². The number of carbonyl (C=O) groups excluding carboxylic acids is 2. The highest BCUT2D eigenvalue weighted by molar-refractivity contribution is 5.92. The van der Waals surface area contributed by atoms with Crippen LogP contribution in [0.25, 0.3) is 0 Å². The summed E-state index contributed by atoms with van der Waals surface area (Å²) in [6.45, 7) is 7.87. The third-order valence-corrected chi connectivity index (χ3v) is 6.25. The Balaban J connectivity index is 1.19. The number of anilines is 2. The molecule has 2 saturated heterocycles. The summed E-state index contributed by atoms with van der Waals surface area (Å²) in [5.74, 6) is 0.156. The van der Waals surface area contributed by atoms with Gasteiger partial charge >= 0.3 is 0 Å². The van der Waals surface area contributed by atoms with E-state index in [0.29, 0.717) is 12.6 Å². The van der Waals surface area contributed by atoms with E-state index in [1.807, 2.05) is 19.1 Å². The molecule has 2 amide bonds. The molecule has 1 unspecified atom stereocenters. The Morgan fingerprint density at radius 1 is 1.00 bits per heavy atom. The number of piperazine rings is 1. The lowest BCUT2D eigenvalue weighted by atomic mass is 10.2. The second-order valence-corrected chi connectivity index (χ2v) is 8.56. The maximum Gasteiger partial charge on any atom is 0.238 e. The van der Waals surface area contributed by atoms with E-state index < -0.39 is 0 Å². The van der Waals surface area contributed by atoms with Gasteiger partial charge in [0.2, 0.25) is 11.8 Å². The van der Waals surface area contributed by atoms with Crippen LogP contribution in [-0.4, -0.2) is 79.5 Å². The van der Waals surface area contributed by atoms with Gasteiger partial charge in [0.1, 0.15) is 0 Å². The molecule has 2 heterocycles. The van der Waals surface area contributed by atoms with Crippen LogP contribution >= 0.6 is 0 Å². The second-order valence-electron chi connectivity index (χ2n) is 8.56. The minimum atomic E-state index is -0.0966. The number of hydrogen-bond acceptors (Lipinski definition) is 5. The zero-order valence-electron chi connectivity index (χ0n) is 17.4. The predicted molar refractivity (Wildman–Crippen MR) is 115 cm³/mol. The Bertz CT molecular complexity index is 704. The van der Waals surface area contributed by atoms with Crippen molar-refractivity contribution in [3.63, 3.8) is 0 Å². The molecule has 0 bridgehead atoms. The molecule has 7 heteroatoms. The van der Waals surface area contributed by atoms with Gasteiger partial charge in [0.25, 0.3) is 0 Å². The van der Waals surface area contributed by atoms with Crippen molar-refractivity contribution in [3.05, 3.63) is 24.3 Å². The third-order valence-electron chi connectivity index (χ3n) is 6.25. The summed E-state index contributed by atoms with van der Waals surface area (Å²) in [4.78, 5) is 31.4. The minimum absolute atomic E-state index is 0.0203. The molecule has 0 aromatic heterocycles. The lowest BCUT2D eigenvalue weighted by Gasteiger charge is -2.37. The van der Waals surface area contributed by atoms with Gasteiger partial charge in [-0.05, 0) is 56.9 Å². The molecule has 158 valence electrons. The second kappa shape index (κ2) is 9.13. The predicted octanol–water partition coefficient (Wildman–Crippen LogP) is 1.51. The fraction of sp³-hybridized carbons (Fsp3) is 0.636. The van der Waals surface area contributed by atoms with E-state index in [-0.39, 0.29) is 17.9 Å². The quantitative estimate of drug-likeness (QED) is 0.728. The van der Waals surface area contributed by atoms with Crippen LogP contribution in [-0.2, 0) is 9.59 Å². The van der Waals surface area contributed by atoms with Gasteiger partial charge < -0.3 is 15.5 Å². The van der Waals surface area contributed by atoms with Gasteiger partial charge in [-0.3, -0.25) is 19.4 Å². The van der Waals surface area contributed by atoms with Crippen molar-refractivity contribution < 1.29 is 9.59 Å². The van der Waals surface area contributed by atoms with E-state index >= 15 is 0 Å². The number of rotatable bonds is 7. The molecule has 4 rings (SSSR count). The summed E-state index contributed by atoms with van der Waals surface area (Å²) in [6.07, 6.45) is 4.75. The molecule has 3 fully saturated rings. The monoisotopic (exact) mass is 399 g/mol. The standard InChI is InChI=1S/C22H33N5O2/c1-17(22(29)24-19-4-5-19)26-14-12-25(13-15-26)16-21(28)23-18-6-8-20(9-7-18)27-10-2-3-11-27/h6-9,17,19H,2-5,10-16H2,1H3,(H,23,28)(H,24,29). The summed E-state index contributed by atoms with van der Waals surface area (Å²) < 4.78 is 0. The Labute approximate surface area is 173 Å². The molecule has 1 aliphatic carbocycles. The van der Waals surface area contributed by atoms with Crippen molar-refractivity contribution in [2.24, 2.45) is 0 Å². The first-order chi connectivity index (χ1) is 14.1. The van der Waals surface area contributed by atoms with Gasteiger partial charge in [0.05, 0.1) is 12.6 Å². The molecule has 1 saturated carbocycles. The van der Waals surface area contributed by atoms with Crippen molar-refractivity contribution in [3.8, 4) is 0 Å². The number of nitrogens with zero attached hydrogens (tertiary/aromatic N) is 3. The summed E-state index contributed by atoms with van der Waals surface area (Å²) in [5, 5.41) is 6.09. The smallest absolute Gasteiger partial charge is 0.238 e. The molecular formula is C22H33N5O2. The molecule has 1 aromatic rings. The van der Waals surface area contributed by atoms with E-state index in [4.69, 9.17) is 0 Å². The van der Waals surface area contributed by atoms with E-state index in [2.05, 4.69) is 37.5 Å². The summed E-state index contributed by atoms with van der Waals surface area (Å²) in [7, 11) is 0. The lowest BCUT2D eigenvalue weighted by molar-refractivity contribution is -0.127. The largest absolute Gasteiger partial charge is 0.372 e. The first-order valence-electron chi connectivity index (χ1n) is 11.0. The van der Waals surface area contributed by atoms with Crippen LogP contribution in [0.15, 0.2) is 24.3 Å². The topological polar surface area (TPSA) is 67.9 Å². The van der Waals surface area contributed by atoms with Crippen molar-refractivity contribution in [1.29, 1.82) is 0 Å². The highest BCUT2D eigenvalue weighted by Gasteiger charge is 2.30. The molecule has 2 aliphatic heterocycles. The number of hydrogen-bond donors (Lipinski definition) is 2. The maximum atomic E-state index is 12.4. The molecule has 2 N–H and O–H groups in total. The summed E-state index contributed by atoms with van der Waals surface area (Å²) in [6, 6.07) is 8.47. The van der Waals surface area contributed by atoms with Crippen LogP contribution in [0.5, 0.6) is 0 Å². The fourth-order valence-corrected chi connectivity index (χ4v) is 4.16. The Hall–Kier alpha value is -2.12. The SMILES string of the molecule is CC(C(=O)NC1CC1)N1CCN(CC(=O)Nc2ccc(N3CCCC3)cc2)CC1. The van der Waals surface area contributed by atoms with Crippen LogP contribution in [0.3, 0.4) is 0 Å². The molecule has 0 spiro atoms. The number of amides is 2. The van der Waals surface area contributed by atoms with Crippen molar-refractivity contribution in [2.75, 3.05) is 56.0 Å². The first kappa shape index (κ1) is 20.2. The van der Waals surface area contributed by atoms with E-state index in [1.54, 1.807) is 0 Å². The zero-order valence-corrected chi connectivity index (χ0v) is 17.4. The van der Waals surface area contributed by atoms with Gasteiger partial charge in [0.15, 0.2) is 0 Å². The van der Waals surface area contributed by atoms with Crippen molar-refractivity contribution in [2.45, 2.75) is 44.7 Å². The van der Waals surface area contributed by atoms with E-state index in [0.717, 1.165) is 57.8 Å². The minimum Gasteiger partial charge on any atom is -0.372 e. The lowest BCUT2D eigenvalue weighted by Crippen LogP contribution is -2.55. The zero-order chi connectivity index (χ0) is 20.2. The molecule has 29 heavy (non-hydrogen) atoms. The highest BCUT2D eigenvalue weighted by atomic mass is 16.2. The fourth-order valence-electron chi connectivity index (χ4n) is 4.16. The number of benzene rings is 1. The van der Waals surface area contributed by atoms with Gasteiger partial charge in [0, 0.05) is 56.7 Å². The summed E-state index contributed by atoms with van der Waals surface area (Å²) >= 11 is 0. The van der Waals surface area contributed by atoms with Crippen LogP contribution < -0.4 is 15.5 Å². The maximum absolute atomic E-state index is 12.4. The summed E-state index contributed by atoms with van der Waals surface area (Å²) in [5.41, 5.74) is 2.08. The Morgan fingerprint density at radius 3 is 2.28 bits per heavy atom. The van der Waals surface area contributed by atoms with Gasteiger partial charge in [-0.15, -0.1) is 0 Å². The molecule has 7 nitrogen and oxygen atoms in total. The first-order valence-corrected chi connectivity index (χ1v) is 11.0. The van der Waals surface area contributed by atoms with Crippen LogP contribution in [0.4, 0.5) is 11.4 Å². The van der Waals surface area contributed by atoms with Gasteiger partial charge in [-0.1, -0.05) is 0 Å². The van der Waals surface area contributed by atoms with Crippen LogP contribution in [0.2, 0.25) is 0 Å². The normalized spacial score (nSPS) is 21.8. The van der Waals surface area contributed by atoms with Crippen LogP contribution in [0, 0.1) is 0 Å². The Kier molecular flexibility index (Phi) is 6.35. The van der Waals surface area contributed by atoms with Gasteiger partial charge in [-0.2, -0.15) is 0 Å². The highest BCUT2D eigenvalue weighted by Crippen LogP contribution is 2.22. The molecule has 0 radical (unpaired) electrons. The molecule has 1 atom stereocenters. The average Bonchev–Trinajstić information content (AvgIpc) is 3.37. The molecule has 1 aromatic carbocycles. The molecule has 3 aliphatic rings. The third kappa shape index (κ3) is 5.48. The number of carbonyl (C=O) groups is 2. The van der Waals surface area contributed by atoms with Crippen molar-refractivity contribution in [1.82, 2.24) is 15.1 Å². The average molecular weight is 400 g/mol.